The molecule has 136 valence electrons. The number of hydrogen-bond donors (Lipinski definition) is 1. The van der Waals surface area contributed by atoms with Gasteiger partial charge in [0.05, 0.1) is 5.71 Å². The van der Waals surface area contributed by atoms with Gasteiger partial charge >= 0.3 is 0 Å². The van der Waals surface area contributed by atoms with Crippen molar-refractivity contribution in [2.75, 3.05) is 19.0 Å². The van der Waals surface area contributed by atoms with Crippen LogP contribution < -0.4 is 14.9 Å². The van der Waals surface area contributed by atoms with Gasteiger partial charge in [-0.2, -0.15) is 5.10 Å². The van der Waals surface area contributed by atoms with Crippen LogP contribution >= 0.6 is 23.4 Å². The number of rotatable bonds is 6. The molecule has 0 saturated carbocycles. The average Bonchev–Trinajstić information content (AvgIpc) is 2.67. The van der Waals surface area contributed by atoms with Gasteiger partial charge in [-0.05, 0) is 49.4 Å². The Bertz CT molecular complexity index is 809. The monoisotopic (exact) mass is 390 g/mol. The van der Waals surface area contributed by atoms with Crippen molar-refractivity contribution in [2.45, 2.75) is 18.2 Å². The molecule has 0 fully saturated rings. The number of fused-ring (bicyclic) bond motifs is 1. The first kappa shape index (κ1) is 18.6. The molecular formula is C19H19ClN2O3S. The molecule has 0 saturated heterocycles. The summed E-state index contributed by atoms with van der Waals surface area (Å²) in [6, 6.07) is 13.2. The van der Waals surface area contributed by atoms with E-state index in [4.69, 9.17) is 21.1 Å². The highest BCUT2D eigenvalue weighted by Crippen LogP contribution is 2.30. The minimum Gasteiger partial charge on any atom is -0.486 e. The third-order valence-corrected chi connectivity index (χ3v) is 4.99. The summed E-state index contributed by atoms with van der Waals surface area (Å²) in [5.41, 5.74) is 4.19. The normalized spacial score (nSPS) is 13.4. The molecular weight excluding hydrogens is 372 g/mol. The van der Waals surface area contributed by atoms with Crippen molar-refractivity contribution < 1.29 is 14.3 Å². The van der Waals surface area contributed by atoms with Crippen molar-refractivity contribution in [3.8, 4) is 11.5 Å². The topological polar surface area (TPSA) is 59.9 Å². The zero-order valence-electron chi connectivity index (χ0n) is 14.3. The zero-order valence-corrected chi connectivity index (χ0v) is 15.9. The summed E-state index contributed by atoms with van der Waals surface area (Å²) in [5.74, 6) is 1.99. The molecule has 5 nitrogen and oxygen atoms in total. The number of amides is 1. The first-order chi connectivity index (χ1) is 12.6. The van der Waals surface area contributed by atoms with Gasteiger partial charge in [-0.3, -0.25) is 4.79 Å². The summed E-state index contributed by atoms with van der Waals surface area (Å²) in [5, 5.41) is 4.88. The minimum atomic E-state index is -0.122. The minimum absolute atomic E-state index is 0.122. The lowest BCUT2D eigenvalue weighted by Gasteiger charge is -2.18. The van der Waals surface area contributed by atoms with Gasteiger partial charge in [-0.25, -0.2) is 5.43 Å². The Balaban J connectivity index is 1.48. The van der Waals surface area contributed by atoms with Gasteiger partial charge in [0.15, 0.2) is 11.5 Å². The van der Waals surface area contributed by atoms with E-state index in [2.05, 4.69) is 10.5 Å². The molecule has 0 bridgehead atoms. The molecule has 26 heavy (non-hydrogen) atoms. The average molecular weight is 391 g/mol. The van der Waals surface area contributed by atoms with Crippen LogP contribution in [0.5, 0.6) is 11.5 Å². The van der Waals surface area contributed by atoms with E-state index >= 15 is 0 Å². The number of benzene rings is 2. The van der Waals surface area contributed by atoms with Gasteiger partial charge in [0.25, 0.3) is 0 Å². The first-order valence-corrected chi connectivity index (χ1v) is 9.60. The number of ether oxygens (including phenoxy) is 2. The van der Waals surface area contributed by atoms with Crippen LogP contribution in [0.15, 0.2) is 52.5 Å². The van der Waals surface area contributed by atoms with Crippen molar-refractivity contribution >= 4 is 35.0 Å². The van der Waals surface area contributed by atoms with Crippen molar-refractivity contribution in [3.05, 3.63) is 53.1 Å². The summed E-state index contributed by atoms with van der Waals surface area (Å²) in [6.45, 7) is 2.94. The van der Waals surface area contributed by atoms with E-state index < -0.39 is 0 Å². The van der Waals surface area contributed by atoms with Crippen LogP contribution in [0.3, 0.4) is 0 Å². The predicted octanol–water partition coefficient (Wildman–Crippen LogP) is 4.13. The second-order valence-corrected chi connectivity index (χ2v) is 7.25. The Labute approximate surface area is 161 Å². The van der Waals surface area contributed by atoms with Crippen molar-refractivity contribution in [3.63, 3.8) is 0 Å². The fourth-order valence-electron chi connectivity index (χ4n) is 2.33. The summed E-state index contributed by atoms with van der Waals surface area (Å²) >= 11 is 7.46. The number of hydrazone groups is 1. The van der Waals surface area contributed by atoms with E-state index in [0.717, 1.165) is 16.2 Å². The number of nitrogens with one attached hydrogen (secondary N) is 1. The fourth-order valence-corrected chi connectivity index (χ4v) is 3.31. The predicted molar refractivity (Wildman–Crippen MR) is 105 cm³/mol. The van der Waals surface area contributed by atoms with Gasteiger partial charge in [0.1, 0.15) is 13.2 Å². The van der Waals surface area contributed by atoms with Crippen LogP contribution in [-0.4, -0.2) is 30.6 Å². The molecule has 0 atom stereocenters. The third-order valence-electron chi connectivity index (χ3n) is 3.72. The maximum absolute atomic E-state index is 12.0. The lowest BCUT2D eigenvalue weighted by atomic mass is 10.1. The number of nitrogens with zero attached hydrogens (tertiary/aromatic N) is 1. The molecule has 0 spiro atoms. The van der Waals surface area contributed by atoms with E-state index in [1.54, 1.807) is 11.8 Å². The Morgan fingerprint density at radius 1 is 1.15 bits per heavy atom. The van der Waals surface area contributed by atoms with Gasteiger partial charge in [-0.1, -0.05) is 11.6 Å². The van der Waals surface area contributed by atoms with E-state index in [-0.39, 0.29) is 5.91 Å². The number of hydrogen-bond acceptors (Lipinski definition) is 5. The van der Waals surface area contributed by atoms with Gasteiger partial charge < -0.3 is 9.47 Å². The highest BCUT2D eigenvalue weighted by atomic mass is 35.5. The van der Waals surface area contributed by atoms with Crippen LogP contribution in [0, 0.1) is 0 Å². The van der Waals surface area contributed by atoms with Crippen LogP contribution in [0.4, 0.5) is 0 Å². The van der Waals surface area contributed by atoms with Crippen molar-refractivity contribution in [1.82, 2.24) is 5.43 Å². The number of halogens is 1. The van der Waals surface area contributed by atoms with E-state index in [1.165, 1.54) is 0 Å². The molecule has 0 radical (unpaired) electrons. The SMILES string of the molecule is C/C(=N\NC(=O)CCSc1ccc(Cl)cc1)c1ccc2c(c1)OCCO2. The van der Waals surface area contributed by atoms with E-state index in [9.17, 15) is 4.79 Å². The van der Waals surface area contributed by atoms with E-state index in [0.29, 0.717) is 41.9 Å². The lowest BCUT2D eigenvalue weighted by Crippen LogP contribution is -2.20. The number of carbonyl (C=O) groups excluding carboxylic acids is 1. The quantitative estimate of drug-likeness (QED) is 0.457. The standard InChI is InChI=1S/C19H19ClN2O3S/c1-13(14-2-7-17-18(12-14)25-10-9-24-17)21-22-19(23)8-11-26-16-5-3-15(20)4-6-16/h2-7,12H,8-11H2,1H3,(H,22,23)/b21-13+. The highest BCUT2D eigenvalue weighted by molar-refractivity contribution is 7.99. The van der Waals surface area contributed by atoms with Crippen molar-refractivity contribution in [2.24, 2.45) is 5.10 Å². The molecule has 2 aromatic rings. The zero-order chi connectivity index (χ0) is 18.4. The third kappa shape index (κ3) is 5.16. The van der Waals surface area contributed by atoms with Crippen LogP contribution in [0.2, 0.25) is 5.02 Å². The smallest absolute Gasteiger partial charge is 0.240 e. The molecule has 1 amide bonds. The summed E-state index contributed by atoms with van der Waals surface area (Å²) in [4.78, 5) is 13.0. The maximum Gasteiger partial charge on any atom is 0.240 e. The van der Waals surface area contributed by atoms with Gasteiger partial charge in [0.2, 0.25) is 5.91 Å². The first-order valence-electron chi connectivity index (χ1n) is 8.23. The molecule has 1 N–H and O–H groups in total. The Kier molecular flexibility index (Phi) is 6.41. The molecule has 2 aromatic carbocycles. The Morgan fingerprint density at radius 3 is 2.65 bits per heavy atom. The Morgan fingerprint density at radius 2 is 1.88 bits per heavy atom. The molecule has 7 heteroatoms. The summed E-state index contributed by atoms with van der Waals surface area (Å²) < 4.78 is 11.1. The Hall–Kier alpha value is -2.18. The molecule has 1 aliphatic rings. The second-order valence-electron chi connectivity index (χ2n) is 5.64. The largest absolute Gasteiger partial charge is 0.486 e. The van der Waals surface area contributed by atoms with Crippen LogP contribution in [0.25, 0.3) is 0 Å². The highest BCUT2D eigenvalue weighted by Gasteiger charge is 2.12. The number of carbonyl (C=O) groups is 1. The molecule has 0 aliphatic carbocycles. The van der Waals surface area contributed by atoms with Gasteiger partial charge in [-0.15, -0.1) is 11.8 Å². The van der Waals surface area contributed by atoms with Gasteiger partial charge in [0, 0.05) is 27.7 Å². The molecule has 1 heterocycles. The number of thioether (sulfide) groups is 1. The fraction of sp³-hybridized carbons (Fsp3) is 0.263. The molecule has 0 unspecified atom stereocenters. The summed E-state index contributed by atoms with van der Waals surface area (Å²) in [6.07, 6.45) is 0.380. The lowest BCUT2D eigenvalue weighted by molar-refractivity contribution is -0.120. The van der Waals surface area contributed by atoms with E-state index in [1.807, 2.05) is 49.4 Å². The van der Waals surface area contributed by atoms with Crippen LogP contribution in [-0.2, 0) is 4.79 Å². The maximum atomic E-state index is 12.0. The molecule has 1 aliphatic heterocycles. The van der Waals surface area contributed by atoms with Crippen molar-refractivity contribution in [1.29, 1.82) is 0 Å². The molecule has 0 aromatic heterocycles. The summed E-state index contributed by atoms with van der Waals surface area (Å²) in [7, 11) is 0. The second kappa shape index (κ2) is 8.96. The van der Waals surface area contributed by atoms with Crippen LogP contribution in [0.1, 0.15) is 18.9 Å². The molecule has 3 rings (SSSR count).